The molecule has 126 valence electrons. The number of aromatic nitrogens is 2. The summed E-state index contributed by atoms with van der Waals surface area (Å²) in [5.74, 6) is -0.781. The van der Waals surface area contributed by atoms with Crippen molar-refractivity contribution in [3.8, 4) is 5.75 Å². The van der Waals surface area contributed by atoms with Crippen molar-refractivity contribution in [1.29, 1.82) is 0 Å². The lowest BCUT2D eigenvalue weighted by molar-refractivity contribution is -0.139. The van der Waals surface area contributed by atoms with Gasteiger partial charge in [0.1, 0.15) is 5.75 Å². The Morgan fingerprint density at radius 1 is 1.38 bits per heavy atom. The van der Waals surface area contributed by atoms with Crippen LogP contribution in [0.2, 0.25) is 0 Å². The van der Waals surface area contributed by atoms with Crippen molar-refractivity contribution in [2.75, 3.05) is 6.61 Å². The summed E-state index contributed by atoms with van der Waals surface area (Å²) in [4.78, 5) is 24.2. The Balaban J connectivity index is 1.89. The number of carboxylic acids is 1. The lowest BCUT2D eigenvalue weighted by Gasteiger charge is -2.16. The van der Waals surface area contributed by atoms with Crippen LogP contribution in [0.5, 0.6) is 5.75 Å². The molecule has 0 radical (unpaired) electrons. The Morgan fingerprint density at radius 3 is 2.75 bits per heavy atom. The molecule has 2 N–H and O–H groups in total. The Kier molecular flexibility index (Phi) is 4.01. The van der Waals surface area contributed by atoms with E-state index in [1.165, 1.54) is 0 Å². The average molecular weight is 329 g/mol. The molecule has 3 rings (SSSR count). The molecule has 2 heterocycles. The molecule has 0 spiro atoms. The average Bonchev–Trinajstić information content (AvgIpc) is 3.08. The van der Waals surface area contributed by atoms with Gasteiger partial charge in [0.2, 0.25) is 0 Å². The zero-order valence-electron chi connectivity index (χ0n) is 13.8. The number of hydrogen-bond acceptors (Lipinski definition) is 4. The minimum atomic E-state index is -1.12. The molecule has 7 nitrogen and oxygen atoms in total. The number of amides is 1. The molecule has 2 aromatic rings. The van der Waals surface area contributed by atoms with Gasteiger partial charge in [0, 0.05) is 19.2 Å². The maximum Gasteiger partial charge on any atom is 0.330 e. The van der Waals surface area contributed by atoms with Crippen molar-refractivity contribution in [2.45, 2.75) is 26.3 Å². The Morgan fingerprint density at radius 2 is 2.12 bits per heavy atom. The van der Waals surface area contributed by atoms with Gasteiger partial charge in [0.15, 0.2) is 6.04 Å². The summed E-state index contributed by atoms with van der Waals surface area (Å²) in [5, 5.41) is 16.3. The molecule has 0 fully saturated rings. The molecule has 1 aliphatic heterocycles. The molecule has 1 amide bonds. The van der Waals surface area contributed by atoms with Gasteiger partial charge < -0.3 is 15.2 Å². The first-order valence-electron chi connectivity index (χ1n) is 7.68. The number of benzene rings is 1. The molecular weight excluding hydrogens is 310 g/mol. The third-order valence-electron chi connectivity index (χ3n) is 4.31. The van der Waals surface area contributed by atoms with E-state index in [1.807, 2.05) is 0 Å². The summed E-state index contributed by atoms with van der Waals surface area (Å²) in [5.41, 5.74) is 3.16. The van der Waals surface area contributed by atoms with Crippen LogP contribution in [0.4, 0.5) is 0 Å². The topological polar surface area (TPSA) is 93.5 Å². The largest absolute Gasteiger partial charge is 0.493 e. The van der Waals surface area contributed by atoms with E-state index in [9.17, 15) is 14.7 Å². The van der Waals surface area contributed by atoms with E-state index >= 15 is 0 Å². The van der Waals surface area contributed by atoms with Crippen molar-refractivity contribution < 1.29 is 19.4 Å². The highest BCUT2D eigenvalue weighted by Gasteiger charge is 2.27. The van der Waals surface area contributed by atoms with Crippen LogP contribution in [0.1, 0.15) is 38.9 Å². The van der Waals surface area contributed by atoms with Gasteiger partial charge in [-0.3, -0.25) is 9.48 Å². The maximum absolute atomic E-state index is 12.6. The van der Waals surface area contributed by atoms with Crippen LogP contribution >= 0.6 is 0 Å². The van der Waals surface area contributed by atoms with Crippen molar-refractivity contribution in [3.63, 3.8) is 0 Å². The number of carboxylic acid groups (broad SMARTS) is 1. The van der Waals surface area contributed by atoms with Crippen molar-refractivity contribution in [3.05, 3.63) is 46.3 Å². The highest BCUT2D eigenvalue weighted by atomic mass is 16.5. The second-order valence-electron chi connectivity index (χ2n) is 5.88. The quantitative estimate of drug-likeness (QED) is 0.887. The van der Waals surface area contributed by atoms with Crippen LogP contribution < -0.4 is 10.1 Å². The number of aliphatic carboxylic acids is 1. The van der Waals surface area contributed by atoms with Gasteiger partial charge >= 0.3 is 5.97 Å². The van der Waals surface area contributed by atoms with Gasteiger partial charge in [-0.2, -0.15) is 5.10 Å². The monoisotopic (exact) mass is 329 g/mol. The third-order valence-corrected chi connectivity index (χ3v) is 4.31. The van der Waals surface area contributed by atoms with E-state index in [-0.39, 0.29) is 0 Å². The van der Waals surface area contributed by atoms with E-state index in [2.05, 4.69) is 10.4 Å². The van der Waals surface area contributed by atoms with Crippen molar-refractivity contribution in [2.24, 2.45) is 7.05 Å². The number of fused-ring (bicyclic) bond motifs is 1. The van der Waals surface area contributed by atoms with Gasteiger partial charge in [0.25, 0.3) is 5.91 Å². The smallest absolute Gasteiger partial charge is 0.330 e. The second-order valence-corrected chi connectivity index (χ2v) is 5.88. The highest BCUT2D eigenvalue weighted by molar-refractivity contribution is 5.98. The zero-order chi connectivity index (χ0) is 17.4. The second kappa shape index (κ2) is 5.99. The maximum atomic E-state index is 12.6. The molecule has 0 saturated heterocycles. The number of nitrogens with zero attached hydrogens (tertiary/aromatic N) is 2. The molecule has 1 aromatic carbocycles. The number of ether oxygens (including phenoxy) is 1. The Hall–Kier alpha value is -2.83. The fraction of sp³-hybridized carbons (Fsp3) is 0.353. The van der Waals surface area contributed by atoms with Gasteiger partial charge in [-0.1, -0.05) is 6.07 Å². The lowest BCUT2D eigenvalue weighted by Crippen LogP contribution is -2.34. The predicted molar refractivity (Wildman–Crippen MR) is 86.2 cm³/mol. The number of nitrogens with one attached hydrogen (secondary N) is 1. The number of carbonyl (C=O) groups is 2. The van der Waals surface area contributed by atoms with Gasteiger partial charge in [-0.15, -0.1) is 0 Å². The van der Waals surface area contributed by atoms with Crippen LogP contribution in [0.25, 0.3) is 0 Å². The molecule has 1 aromatic heterocycles. The van der Waals surface area contributed by atoms with Crippen LogP contribution in [-0.4, -0.2) is 33.4 Å². The van der Waals surface area contributed by atoms with E-state index < -0.39 is 17.9 Å². The SMILES string of the molecule is Cc1nn(C)c(C)c1C(=O)NC(C(=O)O)c1ccc2c(c1)CCO2. The fourth-order valence-corrected chi connectivity index (χ4v) is 2.98. The fourth-order valence-electron chi connectivity index (χ4n) is 2.98. The number of aryl methyl sites for hydroxylation is 2. The molecule has 1 unspecified atom stereocenters. The number of rotatable bonds is 4. The van der Waals surface area contributed by atoms with Gasteiger partial charge in [0.05, 0.1) is 17.9 Å². The summed E-state index contributed by atoms with van der Waals surface area (Å²) in [7, 11) is 1.74. The molecule has 1 aliphatic rings. The molecule has 24 heavy (non-hydrogen) atoms. The zero-order valence-corrected chi connectivity index (χ0v) is 13.8. The van der Waals surface area contributed by atoms with E-state index in [4.69, 9.17) is 4.74 Å². The van der Waals surface area contributed by atoms with Gasteiger partial charge in [-0.25, -0.2) is 4.79 Å². The number of hydrogen-bond donors (Lipinski definition) is 2. The predicted octanol–water partition coefficient (Wildman–Crippen LogP) is 1.53. The first-order chi connectivity index (χ1) is 11.4. The van der Waals surface area contributed by atoms with Crippen LogP contribution in [-0.2, 0) is 18.3 Å². The van der Waals surface area contributed by atoms with E-state index in [1.54, 1.807) is 43.8 Å². The molecule has 1 atom stereocenters. The highest BCUT2D eigenvalue weighted by Crippen LogP contribution is 2.28. The summed E-state index contributed by atoms with van der Waals surface area (Å²) < 4.78 is 7.04. The molecular formula is C17H19N3O4. The molecule has 0 saturated carbocycles. The van der Waals surface area contributed by atoms with E-state index in [0.29, 0.717) is 29.1 Å². The summed E-state index contributed by atoms with van der Waals surface area (Å²) in [6.45, 7) is 4.10. The standard InChI is InChI=1S/C17H19N3O4/c1-9-14(10(2)20(3)19-9)16(21)18-15(17(22)23)12-4-5-13-11(8-12)6-7-24-13/h4-5,8,15H,6-7H2,1-3H3,(H,18,21)(H,22,23). The van der Waals surface area contributed by atoms with Gasteiger partial charge in [-0.05, 0) is 37.1 Å². The third kappa shape index (κ3) is 2.73. The molecule has 7 heteroatoms. The Labute approximate surface area is 139 Å². The Bertz CT molecular complexity index is 825. The van der Waals surface area contributed by atoms with Crippen molar-refractivity contribution in [1.82, 2.24) is 15.1 Å². The first kappa shape index (κ1) is 16.0. The van der Waals surface area contributed by atoms with Crippen LogP contribution in [0.15, 0.2) is 18.2 Å². The summed E-state index contributed by atoms with van der Waals surface area (Å²) in [6.07, 6.45) is 0.740. The number of carbonyl (C=O) groups excluding carboxylic acids is 1. The minimum absolute atomic E-state index is 0.410. The minimum Gasteiger partial charge on any atom is -0.493 e. The summed E-state index contributed by atoms with van der Waals surface area (Å²) in [6, 6.07) is 4.08. The summed E-state index contributed by atoms with van der Waals surface area (Å²) >= 11 is 0. The van der Waals surface area contributed by atoms with E-state index in [0.717, 1.165) is 17.7 Å². The lowest BCUT2D eigenvalue weighted by atomic mass is 10.0. The first-order valence-corrected chi connectivity index (χ1v) is 7.68. The van der Waals surface area contributed by atoms with Crippen molar-refractivity contribution >= 4 is 11.9 Å². The molecule has 0 aliphatic carbocycles. The van der Waals surface area contributed by atoms with Crippen LogP contribution in [0.3, 0.4) is 0 Å². The molecule has 0 bridgehead atoms. The normalized spacial score (nSPS) is 14.0. The van der Waals surface area contributed by atoms with Crippen LogP contribution in [0, 0.1) is 13.8 Å².